The van der Waals surface area contributed by atoms with Crippen molar-refractivity contribution in [2.45, 2.75) is 33.3 Å². The fourth-order valence-corrected chi connectivity index (χ4v) is 2.23. The maximum Gasteiger partial charge on any atom is 0.412 e. The molecule has 2 aromatic rings. The Balaban J connectivity index is 1.82. The molecule has 144 valence electrons. The molecule has 0 spiro atoms. The van der Waals surface area contributed by atoms with Crippen molar-refractivity contribution in [3.8, 4) is 5.75 Å². The van der Waals surface area contributed by atoms with Crippen LogP contribution < -0.4 is 15.4 Å². The summed E-state index contributed by atoms with van der Waals surface area (Å²) >= 11 is 0. The summed E-state index contributed by atoms with van der Waals surface area (Å²) in [5, 5.41) is 5.41. The Morgan fingerprint density at radius 2 is 1.74 bits per heavy atom. The Kier molecular flexibility index (Phi) is 6.82. The lowest BCUT2D eigenvalue weighted by atomic mass is 10.2. The average molecular weight is 370 g/mol. The van der Waals surface area contributed by atoms with E-state index in [2.05, 4.69) is 10.6 Å². The number of carbonyl (C=O) groups excluding carboxylic acids is 2. The first kappa shape index (κ1) is 20.3. The van der Waals surface area contributed by atoms with Gasteiger partial charge >= 0.3 is 6.09 Å². The molecule has 6 heteroatoms. The highest BCUT2D eigenvalue weighted by Crippen LogP contribution is 2.14. The lowest BCUT2D eigenvalue weighted by Gasteiger charge is -2.19. The van der Waals surface area contributed by atoms with Gasteiger partial charge in [-0.05, 0) is 58.0 Å². The van der Waals surface area contributed by atoms with E-state index in [0.717, 1.165) is 11.3 Å². The van der Waals surface area contributed by atoms with E-state index in [1.165, 1.54) is 0 Å². The fourth-order valence-electron chi connectivity index (χ4n) is 2.23. The maximum absolute atomic E-state index is 12.3. The molecule has 0 atom stereocenters. The molecule has 0 aromatic heterocycles. The van der Waals surface area contributed by atoms with E-state index in [9.17, 15) is 9.59 Å². The molecule has 0 saturated carbocycles. The number of aryl methyl sites for hydroxylation is 1. The summed E-state index contributed by atoms with van der Waals surface area (Å²) in [5.74, 6) is 0.522. The first-order valence-electron chi connectivity index (χ1n) is 8.81. The molecule has 0 aliphatic rings. The molecular weight excluding hydrogens is 344 g/mol. The summed E-state index contributed by atoms with van der Waals surface area (Å²) < 4.78 is 10.8. The van der Waals surface area contributed by atoms with Crippen LogP contribution in [-0.2, 0) is 4.74 Å². The van der Waals surface area contributed by atoms with Gasteiger partial charge in [-0.15, -0.1) is 0 Å². The zero-order valence-corrected chi connectivity index (χ0v) is 16.2. The summed E-state index contributed by atoms with van der Waals surface area (Å²) in [6.45, 7) is 8.11. The molecule has 2 N–H and O–H groups in total. The second kappa shape index (κ2) is 9.07. The number of carbonyl (C=O) groups is 2. The predicted octanol–water partition coefficient (Wildman–Crippen LogP) is 4.15. The van der Waals surface area contributed by atoms with Gasteiger partial charge < -0.3 is 14.8 Å². The van der Waals surface area contributed by atoms with Crippen LogP contribution in [0.3, 0.4) is 0 Å². The van der Waals surface area contributed by atoms with Gasteiger partial charge in [0.05, 0.1) is 6.54 Å². The van der Waals surface area contributed by atoms with Crippen molar-refractivity contribution in [3.63, 3.8) is 0 Å². The smallest absolute Gasteiger partial charge is 0.412 e. The summed E-state index contributed by atoms with van der Waals surface area (Å²) in [7, 11) is 0. The molecule has 2 amide bonds. The third kappa shape index (κ3) is 7.40. The number of hydrogen-bond acceptors (Lipinski definition) is 4. The monoisotopic (exact) mass is 370 g/mol. The van der Waals surface area contributed by atoms with Crippen LogP contribution in [0.2, 0.25) is 0 Å². The molecule has 27 heavy (non-hydrogen) atoms. The SMILES string of the molecule is Cc1ccc(OCCNC(=O)c2cccc(NC(=O)OC(C)(C)C)c2)cc1. The van der Waals surface area contributed by atoms with Gasteiger partial charge in [0.25, 0.3) is 5.91 Å². The Labute approximate surface area is 159 Å². The maximum atomic E-state index is 12.3. The van der Waals surface area contributed by atoms with Crippen LogP contribution in [0.5, 0.6) is 5.75 Å². The van der Waals surface area contributed by atoms with Crippen LogP contribution in [0, 0.1) is 6.92 Å². The summed E-state index contributed by atoms with van der Waals surface area (Å²) in [4.78, 5) is 24.1. The molecule has 0 heterocycles. The predicted molar refractivity (Wildman–Crippen MR) is 105 cm³/mol. The van der Waals surface area contributed by atoms with Crippen molar-refractivity contribution in [2.24, 2.45) is 0 Å². The molecule has 6 nitrogen and oxygen atoms in total. The van der Waals surface area contributed by atoms with Crippen LogP contribution in [0.1, 0.15) is 36.7 Å². The number of hydrogen-bond donors (Lipinski definition) is 2. The topological polar surface area (TPSA) is 76.7 Å². The normalized spacial score (nSPS) is 10.8. The Bertz CT molecular complexity index is 780. The van der Waals surface area contributed by atoms with Crippen molar-refractivity contribution >= 4 is 17.7 Å². The van der Waals surface area contributed by atoms with Crippen LogP contribution in [0.4, 0.5) is 10.5 Å². The Morgan fingerprint density at radius 3 is 2.41 bits per heavy atom. The van der Waals surface area contributed by atoms with Gasteiger partial charge in [0, 0.05) is 11.3 Å². The highest BCUT2D eigenvalue weighted by atomic mass is 16.6. The number of ether oxygens (including phenoxy) is 2. The highest BCUT2D eigenvalue weighted by molar-refractivity contribution is 5.96. The number of nitrogens with one attached hydrogen (secondary N) is 2. The third-order valence-electron chi connectivity index (χ3n) is 3.45. The molecule has 2 aromatic carbocycles. The minimum absolute atomic E-state index is 0.240. The zero-order valence-electron chi connectivity index (χ0n) is 16.2. The first-order chi connectivity index (χ1) is 12.7. The van der Waals surface area contributed by atoms with Crippen molar-refractivity contribution in [1.29, 1.82) is 0 Å². The van der Waals surface area contributed by atoms with E-state index in [-0.39, 0.29) is 5.91 Å². The van der Waals surface area contributed by atoms with E-state index in [4.69, 9.17) is 9.47 Å². The zero-order chi connectivity index (χ0) is 19.9. The second-order valence-electron chi connectivity index (χ2n) is 7.13. The number of benzene rings is 2. The number of rotatable bonds is 6. The molecule has 0 unspecified atom stereocenters. The quantitative estimate of drug-likeness (QED) is 0.749. The van der Waals surface area contributed by atoms with Crippen molar-refractivity contribution in [3.05, 3.63) is 59.7 Å². The minimum Gasteiger partial charge on any atom is -0.492 e. The summed E-state index contributed by atoms with van der Waals surface area (Å²) in [5.41, 5.74) is 1.51. The Hall–Kier alpha value is -3.02. The number of amides is 2. The second-order valence-corrected chi connectivity index (χ2v) is 7.13. The standard InChI is InChI=1S/C21H26N2O4/c1-15-8-10-18(11-9-15)26-13-12-22-19(24)16-6-5-7-17(14-16)23-20(25)27-21(2,3)4/h5-11,14H,12-13H2,1-4H3,(H,22,24)(H,23,25). The molecular formula is C21H26N2O4. The highest BCUT2D eigenvalue weighted by Gasteiger charge is 2.16. The van der Waals surface area contributed by atoms with Crippen molar-refractivity contribution < 1.29 is 19.1 Å². The van der Waals surface area contributed by atoms with Crippen molar-refractivity contribution in [1.82, 2.24) is 5.32 Å². The van der Waals surface area contributed by atoms with Gasteiger partial charge in [-0.3, -0.25) is 10.1 Å². The van der Waals surface area contributed by atoms with E-state index < -0.39 is 11.7 Å². The first-order valence-corrected chi connectivity index (χ1v) is 8.81. The van der Waals surface area contributed by atoms with Crippen LogP contribution >= 0.6 is 0 Å². The van der Waals surface area contributed by atoms with Crippen LogP contribution in [-0.4, -0.2) is 30.8 Å². The molecule has 0 bridgehead atoms. The summed E-state index contributed by atoms with van der Waals surface area (Å²) in [6, 6.07) is 14.4. The average Bonchev–Trinajstić information content (AvgIpc) is 2.58. The minimum atomic E-state index is -0.587. The fraction of sp³-hybridized carbons (Fsp3) is 0.333. The van der Waals surface area contributed by atoms with Gasteiger partial charge in [-0.25, -0.2) is 4.79 Å². The van der Waals surface area contributed by atoms with Gasteiger partial charge in [0.1, 0.15) is 18.0 Å². The molecule has 0 aliphatic carbocycles. The van der Waals surface area contributed by atoms with E-state index >= 15 is 0 Å². The van der Waals surface area contributed by atoms with E-state index in [1.54, 1.807) is 45.0 Å². The van der Waals surface area contributed by atoms with Gasteiger partial charge in [0.2, 0.25) is 0 Å². The molecule has 2 rings (SSSR count). The molecule has 0 saturated heterocycles. The third-order valence-corrected chi connectivity index (χ3v) is 3.45. The molecule has 0 radical (unpaired) electrons. The van der Waals surface area contributed by atoms with Crippen molar-refractivity contribution in [2.75, 3.05) is 18.5 Å². The largest absolute Gasteiger partial charge is 0.492 e. The molecule has 0 fully saturated rings. The van der Waals surface area contributed by atoms with Gasteiger partial charge in [-0.1, -0.05) is 23.8 Å². The van der Waals surface area contributed by atoms with E-state index in [0.29, 0.717) is 24.4 Å². The summed E-state index contributed by atoms with van der Waals surface area (Å²) in [6.07, 6.45) is -0.563. The van der Waals surface area contributed by atoms with Gasteiger partial charge in [0.15, 0.2) is 0 Å². The van der Waals surface area contributed by atoms with E-state index in [1.807, 2.05) is 31.2 Å². The Morgan fingerprint density at radius 1 is 1.04 bits per heavy atom. The molecule has 0 aliphatic heterocycles. The van der Waals surface area contributed by atoms with Gasteiger partial charge in [-0.2, -0.15) is 0 Å². The van der Waals surface area contributed by atoms with Crippen LogP contribution in [0.15, 0.2) is 48.5 Å². The number of anilines is 1. The lowest BCUT2D eigenvalue weighted by molar-refractivity contribution is 0.0635. The lowest BCUT2D eigenvalue weighted by Crippen LogP contribution is -2.28. The van der Waals surface area contributed by atoms with Crippen LogP contribution in [0.25, 0.3) is 0 Å².